The third-order valence-electron chi connectivity index (χ3n) is 3.22. The van der Waals surface area contributed by atoms with Gasteiger partial charge in [-0.1, -0.05) is 30.3 Å². The summed E-state index contributed by atoms with van der Waals surface area (Å²) >= 11 is 0. The third kappa shape index (κ3) is 5.09. The molecule has 1 amide bonds. The lowest BCUT2D eigenvalue weighted by Crippen LogP contribution is -2.39. The number of carbonyl (C=O) groups excluding carboxylic acids is 1. The molecule has 0 fully saturated rings. The molecule has 118 valence electrons. The average Bonchev–Trinajstić information content (AvgIpc) is 2.53. The van der Waals surface area contributed by atoms with Crippen LogP contribution < -0.4 is 11.1 Å². The summed E-state index contributed by atoms with van der Waals surface area (Å²) in [6.07, 6.45) is 2.87. The van der Waals surface area contributed by atoms with Gasteiger partial charge in [0, 0.05) is 6.54 Å². The Morgan fingerprint density at radius 3 is 3.18 bits per heavy atom. The van der Waals surface area contributed by atoms with Crippen molar-refractivity contribution in [1.82, 2.24) is 5.32 Å². The first kappa shape index (κ1) is 12.6. The summed E-state index contributed by atoms with van der Waals surface area (Å²) in [6, 6.07) is 4.97. The van der Waals surface area contributed by atoms with Gasteiger partial charge in [0.1, 0.15) is 5.82 Å². The van der Waals surface area contributed by atoms with Crippen LogP contribution in [0.3, 0.4) is 0 Å². The Morgan fingerprint density at radius 1 is 1.68 bits per heavy atom. The molecule has 0 bridgehead atoms. The summed E-state index contributed by atoms with van der Waals surface area (Å²) in [5, 5.41) is 2.92. The zero-order valence-corrected chi connectivity index (χ0v) is 12.3. The van der Waals surface area contributed by atoms with Gasteiger partial charge in [-0.05, 0) is 36.6 Å². The molecular formula is C17H21FN2O2. The van der Waals surface area contributed by atoms with Crippen molar-refractivity contribution in [3.63, 3.8) is 0 Å². The summed E-state index contributed by atoms with van der Waals surface area (Å²) in [7, 11) is 0. The van der Waals surface area contributed by atoms with Crippen LogP contribution in [0.5, 0.6) is 0 Å². The first-order valence-corrected chi connectivity index (χ1v) is 7.02. The average molecular weight is 307 g/mol. The lowest BCUT2D eigenvalue weighted by molar-refractivity contribution is -0.119. The van der Waals surface area contributed by atoms with Gasteiger partial charge in [0.15, 0.2) is 0 Å². The number of primary amides is 1. The minimum Gasteiger partial charge on any atom is -0.369 e. The normalized spacial score (nSPS) is 21.9. The largest absolute Gasteiger partial charge is 0.369 e. The predicted molar refractivity (Wildman–Crippen MR) is 83.5 cm³/mol. The van der Waals surface area contributed by atoms with Gasteiger partial charge in [0.05, 0.1) is 22.8 Å². The highest BCUT2D eigenvalue weighted by atomic mass is 19.1. The highest BCUT2D eigenvalue weighted by molar-refractivity contribution is 5.79. The maximum atomic E-state index is 13.3. The SMILES string of the molecule is [2H]C1=C(CNC(C)C(N)=O)C=C[C@@H](OC([2H])([2H])c2cccc(F)c2)C1. The van der Waals surface area contributed by atoms with E-state index < -0.39 is 30.4 Å². The summed E-state index contributed by atoms with van der Waals surface area (Å²) in [5.41, 5.74) is 5.94. The molecule has 1 aliphatic carbocycles. The van der Waals surface area contributed by atoms with Gasteiger partial charge in [-0.3, -0.25) is 4.79 Å². The van der Waals surface area contributed by atoms with E-state index in [1.54, 1.807) is 19.1 Å². The molecule has 0 saturated carbocycles. The molecule has 1 aromatic carbocycles. The first-order chi connectivity index (χ1) is 11.7. The smallest absolute Gasteiger partial charge is 0.234 e. The topological polar surface area (TPSA) is 64.3 Å². The molecule has 0 heterocycles. The predicted octanol–water partition coefficient (Wildman–Crippen LogP) is 2.06. The van der Waals surface area contributed by atoms with Gasteiger partial charge in [-0.15, -0.1) is 0 Å². The van der Waals surface area contributed by atoms with E-state index in [2.05, 4.69) is 5.32 Å². The van der Waals surface area contributed by atoms with Crippen molar-refractivity contribution >= 4 is 5.91 Å². The Hall–Kier alpha value is -1.98. The monoisotopic (exact) mass is 307 g/mol. The fraction of sp³-hybridized carbons (Fsp3) is 0.353. The second kappa shape index (κ2) is 7.87. The molecule has 0 spiro atoms. The van der Waals surface area contributed by atoms with Crippen LogP contribution in [0, 0.1) is 5.82 Å². The Bertz CT molecular complexity index is 707. The van der Waals surface area contributed by atoms with Gasteiger partial charge in [-0.25, -0.2) is 4.39 Å². The van der Waals surface area contributed by atoms with E-state index in [-0.39, 0.29) is 18.0 Å². The maximum Gasteiger partial charge on any atom is 0.234 e. The van der Waals surface area contributed by atoms with E-state index in [1.165, 1.54) is 18.2 Å². The molecule has 0 saturated heterocycles. The summed E-state index contributed by atoms with van der Waals surface area (Å²) in [6.45, 7) is -0.227. The summed E-state index contributed by atoms with van der Waals surface area (Å²) in [4.78, 5) is 11.0. The maximum absolute atomic E-state index is 13.3. The number of amides is 1. The molecule has 0 radical (unpaired) electrons. The van der Waals surface area contributed by atoms with Crippen molar-refractivity contribution in [3.8, 4) is 0 Å². The molecule has 0 aromatic heterocycles. The van der Waals surface area contributed by atoms with Crippen LogP contribution in [0.1, 0.15) is 23.0 Å². The van der Waals surface area contributed by atoms with Gasteiger partial charge in [-0.2, -0.15) is 0 Å². The molecule has 1 unspecified atom stereocenters. The quantitative estimate of drug-likeness (QED) is 0.810. The van der Waals surface area contributed by atoms with Crippen LogP contribution in [-0.4, -0.2) is 24.6 Å². The van der Waals surface area contributed by atoms with Crippen LogP contribution in [0.4, 0.5) is 4.39 Å². The van der Waals surface area contributed by atoms with E-state index in [1.807, 2.05) is 0 Å². The Morgan fingerprint density at radius 2 is 2.50 bits per heavy atom. The molecule has 2 atom stereocenters. The third-order valence-corrected chi connectivity index (χ3v) is 3.22. The lowest BCUT2D eigenvalue weighted by Gasteiger charge is -2.18. The van der Waals surface area contributed by atoms with Crippen LogP contribution in [-0.2, 0) is 16.1 Å². The van der Waals surface area contributed by atoms with Crippen LogP contribution >= 0.6 is 0 Å². The number of benzene rings is 1. The number of ether oxygens (including phenoxy) is 1. The molecule has 1 aliphatic rings. The highest BCUT2D eigenvalue weighted by Gasteiger charge is 2.12. The van der Waals surface area contributed by atoms with E-state index >= 15 is 0 Å². The Kier molecular flexibility index (Phi) is 4.49. The zero-order chi connectivity index (χ0) is 18.6. The van der Waals surface area contributed by atoms with Gasteiger partial charge >= 0.3 is 0 Å². The van der Waals surface area contributed by atoms with E-state index in [9.17, 15) is 9.18 Å². The van der Waals surface area contributed by atoms with Crippen LogP contribution in [0.25, 0.3) is 0 Å². The van der Waals surface area contributed by atoms with Crippen LogP contribution in [0.2, 0.25) is 0 Å². The number of nitrogens with one attached hydrogen (secondary N) is 1. The molecule has 3 N–H and O–H groups in total. The first-order valence-electron chi connectivity index (χ1n) is 8.52. The zero-order valence-electron chi connectivity index (χ0n) is 15.3. The second-order valence-electron chi connectivity index (χ2n) is 5.04. The van der Waals surface area contributed by atoms with E-state index in [4.69, 9.17) is 14.6 Å². The van der Waals surface area contributed by atoms with Crippen molar-refractivity contribution < 1.29 is 18.0 Å². The molecule has 22 heavy (non-hydrogen) atoms. The Labute approximate surface area is 134 Å². The van der Waals surface area contributed by atoms with Crippen molar-refractivity contribution in [2.24, 2.45) is 5.73 Å². The summed E-state index contributed by atoms with van der Waals surface area (Å²) < 4.78 is 42.8. The summed E-state index contributed by atoms with van der Waals surface area (Å²) in [5.74, 6) is -1.02. The number of nitrogens with two attached hydrogens (primary N) is 1. The fourth-order valence-corrected chi connectivity index (χ4v) is 1.84. The van der Waals surface area contributed by atoms with E-state index in [0.717, 1.165) is 6.07 Å². The fourth-order valence-electron chi connectivity index (χ4n) is 1.84. The van der Waals surface area contributed by atoms with Crippen molar-refractivity contribution in [3.05, 3.63) is 59.4 Å². The standard InChI is InChI=1S/C17H21FN2O2/c1-12(17(19)21)20-10-13-5-7-16(8-6-13)22-11-14-3-2-4-15(18)9-14/h2-7,9,12,16,20H,8,10-11H2,1H3,(H2,19,21)/t12?,16-/m1/s1/i6D,11D2. The molecule has 4 nitrogen and oxygen atoms in total. The second-order valence-corrected chi connectivity index (χ2v) is 5.04. The number of carbonyl (C=O) groups is 1. The minimum absolute atomic E-state index is 0.0826. The van der Waals surface area contributed by atoms with Gasteiger partial charge in [0.2, 0.25) is 5.91 Å². The molecule has 0 aliphatic heterocycles. The highest BCUT2D eigenvalue weighted by Crippen LogP contribution is 2.15. The number of hydrogen-bond acceptors (Lipinski definition) is 3. The molecule has 5 heteroatoms. The number of halogens is 1. The molecular weight excluding hydrogens is 283 g/mol. The number of rotatable bonds is 7. The Balaban J connectivity index is 1.98. The van der Waals surface area contributed by atoms with Crippen molar-refractivity contribution in [1.29, 1.82) is 0 Å². The van der Waals surface area contributed by atoms with Gasteiger partial charge in [0.25, 0.3) is 0 Å². The number of hydrogen-bond donors (Lipinski definition) is 2. The van der Waals surface area contributed by atoms with Gasteiger partial charge < -0.3 is 15.8 Å². The molecule has 1 aromatic rings. The minimum atomic E-state index is -2.17. The molecule has 2 rings (SSSR count). The van der Waals surface area contributed by atoms with Crippen molar-refractivity contribution in [2.75, 3.05) is 6.54 Å². The lowest BCUT2D eigenvalue weighted by atomic mass is 10.0. The van der Waals surface area contributed by atoms with Crippen molar-refractivity contribution in [2.45, 2.75) is 32.0 Å². The van der Waals surface area contributed by atoms with E-state index in [0.29, 0.717) is 12.1 Å². The van der Waals surface area contributed by atoms with Crippen LogP contribution in [0.15, 0.2) is 48.0 Å².